The molecule has 0 radical (unpaired) electrons. The van der Waals surface area contributed by atoms with E-state index in [0.29, 0.717) is 5.11 Å². The van der Waals surface area contributed by atoms with Crippen LogP contribution in [0.3, 0.4) is 0 Å². The van der Waals surface area contributed by atoms with Crippen LogP contribution in [-0.4, -0.2) is 33.2 Å². The van der Waals surface area contributed by atoms with Crippen LogP contribution < -0.4 is 10.1 Å². The fourth-order valence-corrected chi connectivity index (χ4v) is 3.94. The van der Waals surface area contributed by atoms with E-state index in [4.69, 9.17) is 17.0 Å². The second-order valence-electron chi connectivity index (χ2n) is 6.73. The molecule has 7 nitrogen and oxygen atoms in total. The number of nitro benzene ring substituents is 1. The van der Waals surface area contributed by atoms with Crippen molar-refractivity contribution in [1.29, 1.82) is 0 Å². The van der Waals surface area contributed by atoms with Crippen molar-refractivity contribution < 1.29 is 9.66 Å². The highest BCUT2D eigenvalue weighted by molar-refractivity contribution is 7.80. The number of ether oxygens (including phenoxy) is 1. The second-order valence-corrected chi connectivity index (χ2v) is 7.12. The molecular weight excluding hydrogens is 388 g/mol. The highest BCUT2D eigenvalue weighted by atomic mass is 32.1. The van der Waals surface area contributed by atoms with E-state index in [1.807, 2.05) is 36.5 Å². The number of nitro groups is 1. The van der Waals surface area contributed by atoms with Crippen molar-refractivity contribution in [3.05, 3.63) is 88.2 Å². The Morgan fingerprint density at radius 1 is 1.17 bits per heavy atom. The van der Waals surface area contributed by atoms with Crippen LogP contribution in [0.15, 0.2) is 66.9 Å². The van der Waals surface area contributed by atoms with Gasteiger partial charge in [0.05, 0.1) is 18.1 Å². The van der Waals surface area contributed by atoms with Crippen LogP contribution in [0.5, 0.6) is 5.75 Å². The molecular formula is C21H20N4O3S. The monoisotopic (exact) mass is 408 g/mol. The van der Waals surface area contributed by atoms with Crippen LogP contribution in [0.2, 0.25) is 0 Å². The van der Waals surface area contributed by atoms with Gasteiger partial charge >= 0.3 is 0 Å². The molecule has 4 rings (SSSR count). The predicted octanol–water partition coefficient (Wildman–Crippen LogP) is 4.21. The SMILES string of the molecule is COc1cccc(NC(=S)N2CCn3cccc3[C@@H]2c2ccc([N+](=O)[O-])cc2)c1. The third-order valence-electron chi connectivity index (χ3n) is 5.04. The van der Waals surface area contributed by atoms with Gasteiger partial charge in [-0.05, 0) is 54.2 Å². The van der Waals surface area contributed by atoms with E-state index >= 15 is 0 Å². The number of fused-ring (bicyclic) bond motifs is 1. The van der Waals surface area contributed by atoms with Crippen molar-refractivity contribution in [3.8, 4) is 5.75 Å². The molecule has 29 heavy (non-hydrogen) atoms. The highest BCUT2D eigenvalue weighted by Crippen LogP contribution is 2.34. The van der Waals surface area contributed by atoms with Gasteiger partial charge in [-0.25, -0.2) is 0 Å². The Bertz CT molecular complexity index is 1050. The fraction of sp³-hybridized carbons (Fsp3) is 0.190. The summed E-state index contributed by atoms with van der Waals surface area (Å²) in [5, 5.41) is 14.9. The zero-order chi connectivity index (χ0) is 20.4. The van der Waals surface area contributed by atoms with Gasteiger partial charge in [-0.3, -0.25) is 10.1 Å². The summed E-state index contributed by atoms with van der Waals surface area (Å²) in [5.41, 5.74) is 2.96. The number of methoxy groups -OCH3 is 1. The van der Waals surface area contributed by atoms with Gasteiger partial charge in [0, 0.05) is 48.9 Å². The van der Waals surface area contributed by atoms with Crippen LogP contribution in [0.25, 0.3) is 0 Å². The molecule has 148 valence electrons. The normalized spacial score (nSPS) is 15.5. The average molecular weight is 408 g/mol. The van der Waals surface area contributed by atoms with E-state index in [0.717, 1.165) is 35.8 Å². The van der Waals surface area contributed by atoms with Gasteiger partial charge in [-0.2, -0.15) is 0 Å². The lowest BCUT2D eigenvalue weighted by molar-refractivity contribution is -0.384. The van der Waals surface area contributed by atoms with Crippen molar-refractivity contribution >= 4 is 28.7 Å². The molecule has 0 aliphatic carbocycles. The van der Waals surface area contributed by atoms with E-state index in [1.54, 1.807) is 19.2 Å². The largest absolute Gasteiger partial charge is 0.497 e. The van der Waals surface area contributed by atoms with Crippen molar-refractivity contribution in [3.63, 3.8) is 0 Å². The van der Waals surface area contributed by atoms with Crippen molar-refractivity contribution in [2.24, 2.45) is 0 Å². The maximum Gasteiger partial charge on any atom is 0.269 e. The minimum Gasteiger partial charge on any atom is -0.497 e. The first-order valence-corrected chi connectivity index (χ1v) is 9.58. The van der Waals surface area contributed by atoms with E-state index in [-0.39, 0.29) is 16.7 Å². The number of non-ortho nitro benzene ring substituents is 1. The summed E-state index contributed by atoms with van der Waals surface area (Å²) in [6.07, 6.45) is 2.05. The van der Waals surface area contributed by atoms with E-state index < -0.39 is 0 Å². The Hall–Kier alpha value is -3.39. The molecule has 0 saturated carbocycles. The Balaban J connectivity index is 1.65. The molecule has 2 heterocycles. The molecule has 0 fully saturated rings. The van der Waals surface area contributed by atoms with Crippen molar-refractivity contribution in [1.82, 2.24) is 9.47 Å². The number of nitrogens with one attached hydrogen (secondary N) is 1. The van der Waals surface area contributed by atoms with E-state index in [2.05, 4.69) is 20.9 Å². The summed E-state index contributed by atoms with van der Waals surface area (Å²) in [5.74, 6) is 0.747. The van der Waals surface area contributed by atoms with Crippen LogP contribution in [-0.2, 0) is 6.54 Å². The summed E-state index contributed by atoms with van der Waals surface area (Å²) >= 11 is 5.74. The molecule has 0 spiro atoms. The molecule has 0 bridgehead atoms. The lowest BCUT2D eigenvalue weighted by atomic mass is 10.00. The number of nitrogens with zero attached hydrogens (tertiary/aromatic N) is 3. The number of rotatable bonds is 4. The lowest BCUT2D eigenvalue weighted by Crippen LogP contribution is -2.44. The average Bonchev–Trinajstić information content (AvgIpc) is 3.22. The quantitative estimate of drug-likeness (QED) is 0.396. The Kier molecular flexibility index (Phi) is 5.18. The standard InChI is InChI=1S/C21H20N4O3S/c1-28-18-5-2-4-16(14-18)22-21(29)24-13-12-23-11-3-6-19(23)20(24)15-7-9-17(10-8-15)25(26)27/h2-11,14,20H,12-13H2,1H3,(H,22,29)/t20-/m0/s1. The van der Waals surface area contributed by atoms with Crippen LogP contribution in [0.4, 0.5) is 11.4 Å². The van der Waals surface area contributed by atoms with Gasteiger partial charge in [-0.1, -0.05) is 6.07 Å². The summed E-state index contributed by atoms with van der Waals surface area (Å²) in [6, 6.07) is 18.2. The van der Waals surface area contributed by atoms with E-state index in [9.17, 15) is 10.1 Å². The fourth-order valence-electron chi connectivity index (χ4n) is 3.63. The molecule has 8 heteroatoms. The number of anilines is 1. The molecule has 0 saturated heterocycles. The van der Waals surface area contributed by atoms with Gasteiger partial charge in [0.2, 0.25) is 0 Å². The van der Waals surface area contributed by atoms with Crippen LogP contribution in [0, 0.1) is 10.1 Å². The first-order valence-electron chi connectivity index (χ1n) is 9.18. The van der Waals surface area contributed by atoms with Crippen molar-refractivity contribution in [2.75, 3.05) is 19.0 Å². The number of thiocarbonyl (C=S) groups is 1. The second kappa shape index (κ2) is 7.92. The summed E-state index contributed by atoms with van der Waals surface area (Å²) in [6.45, 7) is 1.53. The van der Waals surface area contributed by atoms with Gasteiger partial charge in [0.15, 0.2) is 5.11 Å². The van der Waals surface area contributed by atoms with Gasteiger partial charge < -0.3 is 19.5 Å². The third kappa shape index (κ3) is 3.79. The van der Waals surface area contributed by atoms with Gasteiger partial charge in [0.25, 0.3) is 5.69 Å². The number of hydrogen-bond donors (Lipinski definition) is 1. The van der Waals surface area contributed by atoms with Gasteiger partial charge in [0.1, 0.15) is 5.75 Å². The Morgan fingerprint density at radius 2 is 1.97 bits per heavy atom. The Labute approximate surface area is 173 Å². The minimum absolute atomic E-state index is 0.0728. The zero-order valence-electron chi connectivity index (χ0n) is 15.8. The summed E-state index contributed by atoms with van der Waals surface area (Å²) in [7, 11) is 1.63. The molecule has 1 aliphatic rings. The molecule has 1 N–H and O–H groups in total. The number of benzene rings is 2. The van der Waals surface area contributed by atoms with Crippen LogP contribution >= 0.6 is 12.2 Å². The smallest absolute Gasteiger partial charge is 0.269 e. The minimum atomic E-state index is -0.389. The van der Waals surface area contributed by atoms with Crippen LogP contribution in [0.1, 0.15) is 17.3 Å². The predicted molar refractivity (Wildman–Crippen MR) is 115 cm³/mol. The Morgan fingerprint density at radius 3 is 2.69 bits per heavy atom. The molecule has 0 amide bonds. The first kappa shape index (κ1) is 18.9. The molecule has 1 aliphatic heterocycles. The molecule has 2 aromatic carbocycles. The van der Waals surface area contributed by atoms with Gasteiger partial charge in [-0.15, -0.1) is 0 Å². The molecule has 0 unspecified atom stereocenters. The highest BCUT2D eigenvalue weighted by Gasteiger charge is 2.30. The molecule has 3 aromatic rings. The first-order chi connectivity index (χ1) is 14.1. The molecule has 1 atom stereocenters. The number of hydrogen-bond acceptors (Lipinski definition) is 4. The zero-order valence-corrected chi connectivity index (χ0v) is 16.6. The topological polar surface area (TPSA) is 72.6 Å². The molecule has 1 aromatic heterocycles. The summed E-state index contributed by atoms with van der Waals surface area (Å²) < 4.78 is 7.47. The maximum atomic E-state index is 11.0. The number of aromatic nitrogens is 1. The summed E-state index contributed by atoms with van der Waals surface area (Å²) in [4.78, 5) is 12.8. The van der Waals surface area contributed by atoms with Crippen molar-refractivity contribution in [2.45, 2.75) is 12.6 Å². The lowest BCUT2D eigenvalue weighted by Gasteiger charge is -2.39. The maximum absolute atomic E-state index is 11.0. The third-order valence-corrected chi connectivity index (χ3v) is 5.38. The van der Waals surface area contributed by atoms with E-state index in [1.165, 1.54) is 12.1 Å².